The van der Waals surface area contributed by atoms with E-state index in [-0.39, 0.29) is 4.90 Å². The lowest BCUT2D eigenvalue weighted by atomic mass is 10.1. The van der Waals surface area contributed by atoms with Crippen molar-refractivity contribution < 1.29 is 35.4 Å². The lowest BCUT2D eigenvalue weighted by molar-refractivity contribution is -0.137. The molecule has 0 bridgehead atoms. The standard InChI is InChI=1S/C20H14F4N4O2S/c1-19(2)17(30)27(11-4-3-10(9-25)14(7-11)20(22,23)24)18(31)28(19)12-5-6-13(16(26)29)15(21)8-12/h3-8H,1-2H3,(H2,26,29)/i1+1D3,2+1D3. The summed E-state index contributed by atoms with van der Waals surface area (Å²) in [4.78, 5) is 25.6. The topological polar surface area (TPSA) is 90.4 Å². The molecule has 0 radical (unpaired) electrons. The number of halogens is 4. The third-order valence-electron chi connectivity index (χ3n) is 4.39. The molecular formula is C20H14F4N4O2S. The van der Waals surface area contributed by atoms with Crippen LogP contribution in [0.1, 0.15) is 43.4 Å². The van der Waals surface area contributed by atoms with E-state index in [2.05, 4.69) is 0 Å². The molecule has 0 aliphatic carbocycles. The van der Waals surface area contributed by atoms with E-state index in [4.69, 9.17) is 31.4 Å². The minimum Gasteiger partial charge on any atom is -0.366 e. The predicted molar refractivity (Wildman–Crippen MR) is 108 cm³/mol. The molecule has 31 heavy (non-hydrogen) atoms. The van der Waals surface area contributed by atoms with E-state index < -0.39 is 76.2 Å². The summed E-state index contributed by atoms with van der Waals surface area (Å²) in [5.74, 6) is -4.25. The number of thiocarbonyl (C=S) groups is 1. The molecule has 2 amide bonds. The molecule has 3 rings (SSSR count). The van der Waals surface area contributed by atoms with Crippen LogP contribution in [-0.2, 0) is 11.0 Å². The number of carbonyl (C=O) groups is 2. The molecule has 0 aromatic heterocycles. The number of benzene rings is 2. The van der Waals surface area contributed by atoms with Gasteiger partial charge < -0.3 is 10.6 Å². The number of hydrogen-bond donors (Lipinski definition) is 1. The molecule has 1 aliphatic rings. The molecule has 1 saturated heterocycles. The van der Waals surface area contributed by atoms with Gasteiger partial charge in [0.1, 0.15) is 11.4 Å². The van der Waals surface area contributed by atoms with Crippen molar-refractivity contribution in [2.24, 2.45) is 5.73 Å². The maximum atomic E-state index is 14.6. The zero-order chi connectivity index (χ0) is 28.3. The Morgan fingerprint density at radius 3 is 2.39 bits per heavy atom. The lowest BCUT2D eigenvalue weighted by Gasteiger charge is -2.29. The van der Waals surface area contributed by atoms with Crippen LogP contribution in [0.5, 0.6) is 0 Å². The van der Waals surface area contributed by atoms with E-state index >= 15 is 0 Å². The fraction of sp³-hybridized carbons (Fsp3) is 0.200. The average molecular weight is 458 g/mol. The molecule has 0 spiro atoms. The van der Waals surface area contributed by atoms with Crippen molar-refractivity contribution in [1.29, 1.82) is 5.26 Å². The number of amides is 2. The Labute approximate surface area is 187 Å². The Bertz CT molecular complexity index is 1360. The summed E-state index contributed by atoms with van der Waals surface area (Å²) in [5, 5.41) is 8.13. The molecule has 11 heteroatoms. The van der Waals surface area contributed by atoms with Gasteiger partial charge in [-0.25, -0.2) is 4.39 Å². The Balaban J connectivity index is 2.38. The van der Waals surface area contributed by atoms with Crippen molar-refractivity contribution in [1.82, 2.24) is 0 Å². The Morgan fingerprint density at radius 2 is 1.87 bits per heavy atom. The zero-order valence-electron chi connectivity index (χ0n) is 21.1. The molecule has 0 saturated carbocycles. The number of primary amides is 1. The summed E-state index contributed by atoms with van der Waals surface area (Å²) < 4.78 is 103. The fourth-order valence-electron chi connectivity index (χ4n) is 2.97. The van der Waals surface area contributed by atoms with Crippen LogP contribution in [0.25, 0.3) is 0 Å². The van der Waals surface area contributed by atoms with Crippen molar-refractivity contribution in [2.75, 3.05) is 9.80 Å². The number of hydrogen-bond acceptors (Lipinski definition) is 4. The minimum absolute atomic E-state index is 0.268. The normalized spacial score (nSPS) is 19.6. The number of nitrogens with zero attached hydrogens (tertiary/aromatic N) is 3. The molecule has 2 aromatic rings. The maximum absolute atomic E-state index is 14.6. The first-order chi connectivity index (χ1) is 16.8. The summed E-state index contributed by atoms with van der Waals surface area (Å²) >= 11 is 5.19. The minimum atomic E-state index is -5.08. The Morgan fingerprint density at radius 1 is 1.23 bits per heavy atom. The van der Waals surface area contributed by atoms with Gasteiger partial charge in [-0.1, -0.05) is 0 Å². The van der Waals surface area contributed by atoms with Gasteiger partial charge in [0.25, 0.3) is 11.8 Å². The first-order valence-electron chi connectivity index (χ1n) is 11.2. The molecule has 1 fully saturated rings. The van der Waals surface area contributed by atoms with Crippen LogP contribution in [0.2, 0.25) is 0 Å². The van der Waals surface area contributed by atoms with Gasteiger partial charge in [0.15, 0.2) is 5.11 Å². The van der Waals surface area contributed by atoms with E-state index in [1.165, 1.54) is 6.07 Å². The Hall–Kier alpha value is -3.52. The van der Waals surface area contributed by atoms with E-state index in [1.54, 1.807) is 0 Å². The van der Waals surface area contributed by atoms with E-state index in [0.29, 0.717) is 23.1 Å². The van der Waals surface area contributed by atoms with Gasteiger partial charge in [0.2, 0.25) is 0 Å². The predicted octanol–water partition coefficient (Wildman–Crippen LogP) is 3.73. The Kier molecular flexibility index (Phi) is 3.61. The van der Waals surface area contributed by atoms with Crippen molar-refractivity contribution >= 4 is 40.5 Å². The quantitative estimate of drug-likeness (QED) is 0.430. The summed E-state index contributed by atoms with van der Waals surface area (Å²) in [6.07, 6.45) is -5.08. The van der Waals surface area contributed by atoms with Gasteiger partial charge in [-0.2, -0.15) is 18.4 Å². The highest BCUT2D eigenvalue weighted by molar-refractivity contribution is 7.81. The van der Waals surface area contributed by atoms with Gasteiger partial charge in [0.05, 0.1) is 28.4 Å². The number of rotatable bonds is 3. The monoisotopic (exact) mass is 458 g/mol. The summed E-state index contributed by atoms with van der Waals surface area (Å²) in [7, 11) is 0. The molecule has 2 aromatic carbocycles. The van der Waals surface area contributed by atoms with Gasteiger partial charge in [-0.3, -0.25) is 14.5 Å². The summed E-state index contributed by atoms with van der Waals surface area (Å²) in [5.41, 5.74) is -2.70. The van der Waals surface area contributed by atoms with Crippen LogP contribution < -0.4 is 15.5 Å². The van der Waals surface area contributed by atoms with Crippen molar-refractivity contribution in [3.63, 3.8) is 0 Å². The smallest absolute Gasteiger partial charge is 0.366 e. The maximum Gasteiger partial charge on any atom is 0.417 e. The van der Waals surface area contributed by atoms with E-state index in [1.807, 2.05) is 0 Å². The third-order valence-corrected chi connectivity index (χ3v) is 4.76. The number of alkyl halides is 3. The summed E-state index contributed by atoms with van der Waals surface area (Å²) in [6.45, 7) is -7.40. The van der Waals surface area contributed by atoms with Crippen LogP contribution in [0.3, 0.4) is 0 Å². The van der Waals surface area contributed by atoms with Gasteiger partial charge in [-0.15, -0.1) is 0 Å². The van der Waals surface area contributed by atoms with E-state index in [9.17, 15) is 27.2 Å². The van der Waals surface area contributed by atoms with Crippen LogP contribution >= 0.6 is 12.2 Å². The molecule has 1 heterocycles. The second-order valence-corrected chi connectivity index (χ2v) is 6.70. The van der Waals surface area contributed by atoms with Crippen LogP contribution in [-0.4, -0.2) is 22.5 Å². The molecule has 2 N–H and O–H groups in total. The molecule has 0 unspecified atom stereocenters. The zero-order valence-corrected chi connectivity index (χ0v) is 15.9. The largest absolute Gasteiger partial charge is 0.417 e. The number of anilines is 2. The summed E-state index contributed by atoms with van der Waals surface area (Å²) in [6, 6.07) is 5.44. The number of carbonyl (C=O) groups excluding carboxylic acids is 2. The first kappa shape index (κ1) is 15.3. The van der Waals surface area contributed by atoms with Crippen molar-refractivity contribution in [3.8, 4) is 6.07 Å². The highest BCUT2D eigenvalue weighted by Gasteiger charge is 2.50. The fourth-order valence-corrected chi connectivity index (χ4v) is 3.40. The van der Waals surface area contributed by atoms with Crippen molar-refractivity contribution in [2.45, 2.75) is 25.4 Å². The van der Waals surface area contributed by atoms with Gasteiger partial charge in [-0.05, 0) is 62.3 Å². The van der Waals surface area contributed by atoms with Crippen molar-refractivity contribution in [3.05, 3.63) is 58.9 Å². The van der Waals surface area contributed by atoms with Crippen LogP contribution in [0.15, 0.2) is 36.4 Å². The van der Waals surface area contributed by atoms with E-state index in [0.717, 1.165) is 18.2 Å². The molecule has 1 aliphatic heterocycles. The first-order valence-corrected chi connectivity index (χ1v) is 8.61. The lowest BCUT2D eigenvalue weighted by Crippen LogP contribution is -2.44. The average Bonchev–Trinajstić information content (AvgIpc) is 2.99. The highest BCUT2D eigenvalue weighted by Crippen LogP contribution is 2.39. The van der Waals surface area contributed by atoms with Gasteiger partial charge in [0, 0.05) is 13.9 Å². The second-order valence-electron chi connectivity index (χ2n) is 6.34. The molecular weight excluding hydrogens is 438 g/mol. The molecule has 0 atom stereocenters. The molecule has 6 nitrogen and oxygen atoms in total. The van der Waals surface area contributed by atoms with Crippen LogP contribution in [0, 0.1) is 17.1 Å². The molecule has 160 valence electrons. The number of nitriles is 1. The number of nitrogens with two attached hydrogens (primary N) is 1. The highest BCUT2D eigenvalue weighted by atomic mass is 32.1. The third kappa shape index (κ3) is 3.59. The second kappa shape index (κ2) is 7.31. The van der Waals surface area contributed by atoms with Gasteiger partial charge >= 0.3 is 6.18 Å². The van der Waals surface area contributed by atoms with Crippen LogP contribution in [0.4, 0.5) is 28.9 Å². The SMILES string of the molecule is [2H][13C]([2H])([2H])C1([13C]([2H])([2H])[2H])C(=O)N(c2ccc(C#N)c(C(F)(F)F)c2)C(=S)N1c1ccc(C(N)=O)c(F)c1.